The van der Waals surface area contributed by atoms with Crippen molar-refractivity contribution >= 4 is 12.4 Å². The molecule has 34 heavy (non-hydrogen) atoms. The minimum Gasteiger partial charge on any atom is -0.289 e. The van der Waals surface area contributed by atoms with Crippen molar-refractivity contribution in [1.82, 2.24) is 0 Å². The van der Waals surface area contributed by atoms with Gasteiger partial charge in [-0.1, -0.05) is 24.3 Å². The molecule has 8 aliphatic rings. The van der Waals surface area contributed by atoms with E-state index in [2.05, 4.69) is 50.5 Å². The van der Waals surface area contributed by atoms with E-state index < -0.39 is 0 Å². The van der Waals surface area contributed by atoms with Crippen LogP contribution in [0.15, 0.2) is 34.3 Å². The molecule has 8 saturated carbocycles. The van der Waals surface area contributed by atoms with Crippen LogP contribution in [-0.2, 0) is 0 Å². The zero-order chi connectivity index (χ0) is 22.9. The van der Waals surface area contributed by atoms with Gasteiger partial charge in [-0.3, -0.25) is 9.98 Å². The fourth-order valence-corrected chi connectivity index (χ4v) is 10.8. The first-order chi connectivity index (χ1) is 16.5. The summed E-state index contributed by atoms with van der Waals surface area (Å²) in [5, 5.41) is 0. The third kappa shape index (κ3) is 3.73. The number of aliphatic imine (C=N–C) groups is 2. The van der Waals surface area contributed by atoms with E-state index in [1.54, 1.807) is 0 Å². The highest BCUT2D eigenvalue weighted by Crippen LogP contribution is 2.62. The number of hydrogen-bond acceptors (Lipinski definition) is 2. The summed E-state index contributed by atoms with van der Waals surface area (Å²) in [6.07, 6.45) is 22.0. The summed E-state index contributed by atoms with van der Waals surface area (Å²) in [5.74, 6) is 6.02. The first-order valence-corrected chi connectivity index (χ1v) is 14.6. The van der Waals surface area contributed by atoms with Crippen molar-refractivity contribution in [3.05, 3.63) is 35.4 Å². The van der Waals surface area contributed by atoms with Crippen LogP contribution < -0.4 is 0 Å². The molecule has 8 aliphatic carbocycles. The second-order valence-electron chi connectivity index (χ2n) is 14.1. The average Bonchev–Trinajstić information content (AvgIpc) is 2.80. The Morgan fingerprint density at radius 3 is 1.09 bits per heavy atom. The monoisotopic (exact) mass is 456 g/mol. The smallest absolute Gasteiger partial charge is 0.0528 e. The lowest BCUT2D eigenvalue weighted by molar-refractivity contribution is -0.0633. The van der Waals surface area contributed by atoms with Crippen molar-refractivity contribution in [2.24, 2.45) is 56.3 Å². The molecule has 8 bridgehead atoms. The van der Waals surface area contributed by atoms with Gasteiger partial charge < -0.3 is 0 Å². The van der Waals surface area contributed by atoms with Gasteiger partial charge in [-0.05, 0) is 148 Å². The zero-order valence-corrected chi connectivity index (χ0v) is 21.5. The summed E-state index contributed by atoms with van der Waals surface area (Å²) in [6.45, 7) is 4.80. The van der Waals surface area contributed by atoms with Crippen LogP contribution in [0.4, 0.5) is 0 Å². The highest BCUT2D eigenvalue weighted by atomic mass is 14.8. The second-order valence-corrected chi connectivity index (χ2v) is 14.1. The molecule has 1 aromatic carbocycles. The molecule has 182 valence electrons. The summed E-state index contributed by atoms with van der Waals surface area (Å²) in [6, 6.07) is 9.89. The molecule has 1 aromatic rings. The maximum atomic E-state index is 5.14. The lowest BCUT2D eigenvalue weighted by atomic mass is 9.48. The maximum Gasteiger partial charge on any atom is 0.0528 e. The van der Waals surface area contributed by atoms with Crippen molar-refractivity contribution in [2.45, 2.75) is 103 Å². The summed E-state index contributed by atoms with van der Waals surface area (Å²) in [7, 11) is 0. The van der Waals surface area contributed by atoms with Crippen molar-refractivity contribution in [1.29, 1.82) is 0 Å². The Bertz CT molecular complexity index is 820. The molecule has 0 saturated heterocycles. The number of benzene rings is 1. The number of rotatable bonds is 6. The zero-order valence-electron chi connectivity index (χ0n) is 21.5. The van der Waals surface area contributed by atoms with Crippen LogP contribution in [-0.4, -0.2) is 24.5 Å². The molecule has 0 N–H and O–H groups in total. The predicted octanol–water partition coefficient (Wildman–Crippen LogP) is 7.73. The molecule has 0 amide bonds. The van der Waals surface area contributed by atoms with E-state index in [4.69, 9.17) is 9.98 Å². The van der Waals surface area contributed by atoms with Crippen molar-refractivity contribution in [3.8, 4) is 0 Å². The highest BCUT2D eigenvalue weighted by Gasteiger charge is 2.54. The van der Waals surface area contributed by atoms with Crippen LogP contribution in [0.25, 0.3) is 0 Å². The molecule has 0 spiro atoms. The van der Waals surface area contributed by atoms with Gasteiger partial charge >= 0.3 is 0 Å². The number of hydrogen-bond donors (Lipinski definition) is 0. The van der Waals surface area contributed by atoms with E-state index in [0.29, 0.717) is 22.9 Å². The molecule has 8 fully saturated rings. The molecule has 0 aliphatic heterocycles. The summed E-state index contributed by atoms with van der Waals surface area (Å²) < 4.78 is 0. The van der Waals surface area contributed by atoms with Crippen LogP contribution in [0, 0.1) is 46.3 Å². The Hall–Kier alpha value is -1.44. The Balaban J connectivity index is 0.996. The van der Waals surface area contributed by atoms with E-state index >= 15 is 0 Å². The topological polar surface area (TPSA) is 24.7 Å². The predicted molar refractivity (Wildman–Crippen MR) is 142 cm³/mol. The molecule has 2 nitrogen and oxygen atoms in total. The van der Waals surface area contributed by atoms with Crippen LogP contribution in [0.1, 0.15) is 102 Å². The molecule has 0 radical (unpaired) electrons. The minimum atomic E-state index is 0.461. The van der Waals surface area contributed by atoms with Gasteiger partial charge in [0.25, 0.3) is 0 Å². The molecule has 0 aromatic heterocycles. The summed E-state index contributed by atoms with van der Waals surface area (Å²) >= 11 is 0. The molecule has 2 atom stereocenters. The van der Waals surface area contributed by atoms with Crippen molar-refractivity contribution < 1.29 is 0 Å². The molecule has 0 heterocycles. The molecule has 2 heteroatoms. The standard InChI is InChI=1S/C32H44N2/c1-21(31-13-25-7-26(14-31)9-27(8-25)15-31)33-19-23-3-5-24(6-4-23)20-34-22(2)32-16-28-10-29(17-32)12-30(11-28)18-32/h3-6,19-22,25-30H,7-18H2,1-2H3. The molecular formula is C32H44N2. The van der Waals surface area contributed by atoms with Crippen molar-refractivity contribution in [2.75, 3.05) is 0 Å². The lowest BCUT2D eigenvalue weighted by Crippen LogP contribution is -2.50. The Morgan fingerprint density at radius 2 is 0.824 bits per heavy atom. The van der Waals surface area contributed by atoms with Crippen molar-refractivity contribution in [3.63, 3.8) is 0 Å². The average molecular weight is 457 g/mol. The Morgan fingerprint density at radius 1 is 0.559 bits per heavy atom. The lowest BCUT2D eigenvalue weighted by Gasteiger charge is -2.58. The fraction of sp³-hybridized carbons (Fsp3) is 0.750. The first-order valence-electron chi connectivity index (χ1n) is 14.6. The highest BCUT2D eigenvalue weighted by molar-refractivity contribution is 5.84. The largest absolute Gasteiger partial charge is 0.289 e. The van der Waals surface area contributed by atoms with Crippen LogP contribution in [0.2, 0.25) is 0 Å². The summed E-state index contributed by atoms with van der Waals surface area (Å²) in [5.41, 5.74) is 3.49. The van der Waals surface area contributed by atoms with E-state index in [0.717, 1.165) is 35.5 Å². The normalized spacial score (nSPS) is 46.1. The van der Waals surface area contributed by atoms with Gasteiger partial charge in [0.15, 0.2) is 0 Å². The van der Waals surface area contributed by atoms with Crippen LogP contribution >= 0.6 is 0 Å². The van der Waals surface area contributed by atoms with E-state index in [-0.39, 0.29) is 0 Å². The Labute approximate surface area is 207 Å². The van der Waals surface area contributed by atoms with Gasteiger partial charge in [0.05, 0.1) is 12.1 Å². The van der Waals surface area contributed by atoms with Gasteiger partial charge in [-0.15, -0.1) is 0 Å². The van der Waals surface area contributed by atoms with Gasteiger partial charge in [-0.25, -0.2) is 0 Å². The molecule has 2 unspecified atom stereocenters. The minimum absolute atomic E-state index is 0.461. The van der Waals surface area contributed by atoms with Gasteiger partial charge in [0, 0.05) is 12.4 Å². The SMILES string of the molecule is CC(N=Cc1ccc(C=NC(C)C23CC4CC(CC(C4)C2)C3)cc1)C12CC3CC(CC(C3)C1)C2. The van der Waals surface area contributed by atoms with Crippen LogP contribution in [0.3, 0.4) is 0 Å². The van der Waals surface area contributed by atoms with Gasteiger partial charge in [0.2, 0.25) is 0 Å². The van der Waals surface area contributed by atoms with Gasteiger partial charge in [-0.2, -0.15) is 0 Å². The second kappa shape index (κ2) is 8.04. The molecule has 9 rings (SSSR count). The quantitative estimate of drug-likeness (QED) is 0.391. The third-order valence-corrected chi connectivity index (χ3v) is 11.8. The maximum absolute atomic E-state index is 5.14. The van der Waals surface area contributed by atoms with E-state index in [1.807, 2.05) is 0 Å². The fourth-order valence-electron chi connectivity index (χ4n) is 10.8. The third-order valence-electron chi connectivity index (χ3n) is 11.8. The number of nitrogens with zero attached hydrogens (tertiary/aromatic N) is 2. The summed E-state index contributed by atoms with van der Waals surface area (Å²) in [4.78, 5) is 10.3. The van der Waals surface area contributed by atoms with Crippen LogP contribution in [0.5, 0.6) is 0 Å². The van der Waals surface area contributed by atoms with E-state index in [9.17, 15) is 0 Å². The van der Waals surface area contributed by atoms with E-state index in [1.165, 1.54) is 88.2 Å². The van der Waals surface area contributed by atoms with Gasteiger partial charge in [0.1, 0.15) is 0 Å². The molecular weight excluding hydrogens is 412 g/mol. The Kier molecular flexibility index (Phi) is 5.16. The first kappa shape index (κ1) is 21.8.